The number of aliphatic hydroxyl groups is 1. The summed E-state index contributed by atoms with van der Waals surface area (Å²) in [7, 11) is 0. The Balaban J connectivity index is 1.71. The maximum absolute atomic E-state index is 13.1. The van der Waals surface area contributed by atoms with Gasteiger partial charge in [0.25, 0.3) is 0 Å². The predicted octanol–water partition coefficient (Wildman–Crippen LogP) is 2.36. The highest BCUT2D eigenvalue weighted by Gasteiger charge is 2.29. The normalized spacial score (nSPS) is 14.3. The molecular formula is C14H13F2N3O2S. The van der Waals surface area contributed by atoms with E-state index in [9.17, 15) is 18.7 Å². The second-order valence-electron chi connectivity index (χ2n) is 5.00. The number of nitrogens with zero attached hydrogens (tertiary/aromatic N) is 3. The Morgan fingerprint density at radius 3 is 2.73 bits per heavy atom. The number of carbonyl (C=O) groups excluding carboxylic acids is 1. The number of ketones is 1. The molecule has 2 aromatic rings. The van der Waals surface area contributed by atoms with E-state index in [1.165, 1.54) is 17.8 Å². The van der Waals surface area contributed by atoms with Crippen LogP contribution in [-0.4, -0.2) is 31.4 Å². The largest absolute Gasteiger partial charge is 0.388 e. The van der Waals surface area contributed by atoms with Gasteiger partial charge < -0.3 is 9.67 Å². The summed E-state index contributed by atoms with van der Waals surface area (Å²) >= 11 is 1.18. The van der Waals surface area contributed by atoms with Crippen LogP contribution in [0.15, 0.2) is 23.4 Å². The molecule has 1 aromatic carbocycles. The van der Waals surface area contributed by atoms with Gasteiger partial charge in [0, 0.05) is 11.6 Å². The van der Waals surface area contributed by atoms with Gasteiger partial charge in [0.05, 0.1) is 5.75 Å². The fourth-order valence-corrected chi connectivity index (χ4v) is 3.02. The summed E-state index contributed by atoms with van der Waals surface area (Å²) < 4.78 is 27.8. The summed E-state index contributed by atoms with van der Waals surface area (Å²) in [5.74, 6) is -1.82. The van der Waals surface area contributed by atoms with Gasteiger partial charge in [-0.1, -0.05) is 11.8 Å². The molecule has 116 valence electrons. The minimum absolute atomic E-state index is 0.0430. The average Bonchev–Trinajstić information content (AvgIpc) is 3.27. The molecule has 0 spiro atoms. The molecule has 0 atom stereocenters. The third-order valence-electron chi connectivity index (χ3n) is 3.36. The van der Waals surface area contributed by atoms with Crippen LogP contribution in [0.4, 0.5) is 8.78 Å². The average molecular weight is 325 g/mol. The van der Waals surface area contributed by atoms with Crippen LogP contribution in [0.5, 0.6) is 0 Å². The molecule has 1 aliphatic rings. The van der Waals surface area contributed by atoms with E-state index >= 15 is 0 Å². The molecule has 0 unspecified atom stereocenters. The quantitative estimate of drug-likeness (QED) is 0.652. The lowest BCUT2D eigenvalue weighted by Crippen LogP contribution is -2.07. The van der Waals surface area contributed by atoms with Crippen molar-refractivity contribution in [2.45, 2.75) is 30.6 Å². The number of hydrogen-bond acceptors (Lipinski definition) is 5. The summed E-state index contributed by atoms with van der Waals surface area (Å²) in [4.78, 5) is 12.0. The first kappa shape index (κ1) is 15.1. The molecule has 1 fully saturated rings. The fraction of sp³-hybridized carbons (Fsp3) is 0.357. The molecule has 0 saturated heterocycles. The molecule has 22 heavy (non-hydrogen) atoms. The number of rotatable bonds is 6. The molecule has 1 heterocycles. The summed E-state index contributed by atoms with van der Waals surface area (Å²) in [6.45, 7) is -0.207. The SMILES string of the molecule is O=C(CSc1nnc(CO)n1C1CC1)c1ccc(F)c(F)c1. The standard InChI is InChI=1S/C14H13F2N3O2S/c15-10-4-1-8(5-11(10)16)12(21)7-22-14-18-17-13(6-20)19(14)9-2-3-9/h1,4-5,9,20H,2-3,6-7H2. The van der Waals surface area contributed by atoms with Crippen molar-refractivity contribution in [3.05, 3.63) is 41.2 Å². The van der Waals surface area contributed by atoms with Crippen LogP contribution >= 0.6 is 11.8 Å². The zero-order chi connectivity index (χ0) is 15.7. The minimum atomic E-state index is -1.04. The Morgan fingerprint density at radius 2 is 2.09 bits per heavy atom. The van der Waals surface area contributed by atoms with Gasteiger partial charge in [0.1, 0.15) is 6.61 Å². The second-order valence-corrected chi connectivity index (χ2v) is 5.94. The van der Waals surface area contributed by atoms with E-state index in [4.69, 9.17) is 0 Å². The topological polar surface area (TPSA) is 68.0 Å². The molecule has 1 aromatic heterocycles. The highest BCUT2D eigenvalue weighted by molar-refractivity contribution is 7.99. The van der Waals surface area contributed by atoms with Crippen LogP contribution < -0.4 is 0 Å². The first-order chi connectivity index (χ1) is 10.6. The lowest BCUT2D eigenvalue weighted by molar-refractivity contribution is 0.102. The van der Waals surface area contributed by atoms with E-state index in [1.54, 1.807) is 0 Å². The van der Waals surface area contributed by atoms with Crippen molar-refractivity contribution in [3.63, 3.8) is 0 Å². The Morgan fingerprint density at radius 1 is 1.32 bits per heavy atom. The van der Waals surface area contributed by atoms with Crippen molar-refractivity contribution in [2.75, 3.05) is 5.75 Å². The molecule has 0 amide bonds. The lowest BCUT2D eigenvalue weighted by Gasteiger charge is -2.07. The number of hydrogen-bond donors (Lipinski definition) is 1. The van der Waals surface area contributed by atoms with Gasteiger partial charge in [0.15, 0.2) is 28.4 Å². The minimum Gasteiger partial charge on any atom is -0.388 e. The molecule has 5 nitrogen and oxygen atoms in total. The van der Waals surface area contributed by atoms with E-state index < -0.39 is 11.6 Å². The molecule has 0 aliphatic heterocycles. The predicted molar refractivity (Wildman–Crippen MR) is 75.6 cm³/mol. The van der Waals surface area contributed by atoms with E-state index in [2.05, 4.69) is 10.2 Å². The van der Waals surface area contributed by atoms with Crippen LogP contribution in [0.25, 0.3) is 0 Å². The smallest absolute Gasteiger partial charge is 0.191 e. The molecule has 0 radical (unpaired) electrons. The number of Topliss-reactive ketones (excluding diaryl/α,β-unsaturated/α-hetero) is 1. The zero-order valence-electron chi connectivity index (χ0n) is 11.5. The third-order valence-corrected chi connectivity index (χ3v) is 4.31. The van der Waals surface area contributed by atoms with Gasteiger partial charge in [-0.05, 0) is 31.0 Å². The molecule has 1 saturated carbocycles. The number of benzene rings is 1. The number of aliphatic hydroxyl groups excluding tert-OH is 1. The van der Waals surface area contributed by atoms with E-state index in [0.717, 1.165) is 25.0 Å². The monoisotopic (exact) mass is 325 g/mol. The summed E-state index contributed by atoms with van der Waals surface area (Å²) in [5, 5.41) is 17.7. The summed E-state index contributed by atoms with van der Waals surface area (Å²) in [5.41, 5.74) is 0.117. The highest BCUT2D eigenvalue weighted by atomic mass is 32.2. The molecule has 3 rings (SSSR count). The molecular weight excluding hydrogens is 312 g/mol. The fourth-order valence-electron chi connectivity index (χ4n) is 2.10. The van der Waals surface area contributed by atoms with Crippen molar-refractivity contribution in [2.24, 2.45) is 0 Å². The van der Waals surface area contributed by atoms with Crippen molar-refractivity contribution >= 4 is 17.5 Å². The Kier molecular flexibility index (Phi) is 4.21. The van der Waals surface area contributed by atoms with Crippen LogP contribution in [-0.2, 0) is 6.61 Å². The van der Waals surface area contributed by atoms with Crippen molar-refractivity contribution in [1.29, 1.82) is 0 Å². The molecule has 1 aliphatic carbocycles. The highest BCUT2D eigenvalue weighted by Crippen LogP contribution is 2.38. The van der Waals surface area contributed by atoms with Gasteiger partial charge in [-0.25, -0.2) is 8.78 Å². The maximum Gasteiger partial charge on any atom is 0.191 e. The maximum atomic E-state index is 13.1. The van der Waals surface area contributed by atoms with Crippen molar-refractivity contribution < 1.29 is 18.7 Å². The zero-order valence-corrected chi connectivity index (χ0v) is 12.3. The van der Waals surface area contributed by atoms with Crippen molar-refractivity contribution in [1.82, 2.24) is 14.8 Å². The van der Waals surface area contributed by atoms with Crippen LogP contribution in [0.3, 0.4) is 0 Å². The van der Waals surface area contributed by atoms with Crippen LogP contribution in [0.2, 0.25) is 0 Å². The summed E-state index contributed by atoms with van der Waals surface area (Å²) in [6.07, 6.45) is 1.99. The Bertz CT molecular complexity index is 716. The number of thioether (sulfide) groups is 1. The first-order valence-corrected chi connectivity index (χ1v) is 7.74. The number of aromatic nitrogens is 3. The molecule has 8 heteroatoms. The van der Waals surface area contributed by atoms with Gasteiger partial charge in [-0.15, -0.1) is 10.2 Å². The second kappa shape index (κ2) is 6.13. The van der Waals surface area contributed by atoms with E-state index in [0.29, 0.717) is 11.0 Å². The summed E-state index contributed by atoms with van der Waals surface area (Å²) in [6, 6.07) is 3.36. The number of halogens is 2. The number of carbonyl (C=O) groups is 1. The Labute approximate surface area is 129 Å². The van der Waals surface area contributed by atoms with Crippen LogP contribution in [0.1, 0.15) is 35.1 Å². The van der Waals surface area contributed by atoms with Gasteiger partial charge in [-0.3, -0.25) is 4.79 Å². The van der Waals surface area contributed by atoms with Crippen LogP contribution in [0, 0.1) is 11.6 Å². The van der Waals surface area contributed by atoms with E-state index in [-0.39, 0.29) is 29.7 Å². The Hall–Kier alpha value is -1.80. The lowest BCUT2D eigenvalue weighted by atomic mass is 10.1. The van der Waals surface area contributed by atoms with Gasteiger partial charge in [-0.2, -0.15) is 0 Å². The van der Waals surface area contributed by atoms with E-state index in [1.807, 2.05) is 4.57 Å². The van der Waals surface area contributed by atoms with Crippen molar-refractivity contribution in [3.8, 4) is 0 Å². The van der Waals surface area contributed by atoms with Gasteiger partial charge >= 0.3 is 0 Å². The first-order valence-electron chi connectivity index (χ1n) is 6.76. The molecule has 1 N–H and O–H groups in total. The third kappa shape index (κ3) is 3.02. The molecule has 0 bridgehead atoms. The van der Waals surface area contributed by atoms with Gasteiger partial charge in [0.2, 0.25) is 0 Å².